The fourth-order valence-electron chi connectivity index (χ4n) is 9.12. The van der Waals surface area contributed by atoms with E-state index in [9.17, 15) is 19.2 Å². The quantitative estimate of drug-likeness (QED) is 0.121. The SMILES string of the molecule is COC[C@H](NC(=O)OC)C(=O)N1C(c2nc3ccc4cc5c(cc4c3[nH]2)OCc2cc(-c3cnc([C@@H]4CC[C@H](C)N4C(=O)[C@@H](NC(=O)OC)C(C)C)[nH]3)ccc2-5)CC[C@@H]1C. The highest BCUT2D eigenvalue weighted by Gasteiger charge is 2.42. The standard InChI is InChI=1S/C44H52N8O8/c1-22(2)37(50-44(56)59-7)42(54)52-24(4)8-14-34(52)39-45-19-32(47-39)26-10-12-28-27(16-26)20-60-36-18-29-25(17-30(28)36)11-13-31-38(29)49-40(46-31)35-15-9-23(3)51(35)41(53)33(21-57-5)48-43(55)58-6/h10-13,16-19,22-24,33-35,37H,8-9,14-15,20-21H2,1-7H3,(H,45,47)(H,46,49)(H,48,55)(H,50,56)/t23-,24-,33-,34-,35?,37-/m0/s1. The molecule has 0 bridgehead atoms. The molecule has 2 aromatic heterocycles. The van der Waals surface area contributed by atoms with Crippen LogP contribution in [-0.2, 0) is 30.4 Å². The largest absolute Gasteiger partial charge is 0.488 e. The third-order valence-electron chi connectivity index (χ3n) is 12.3. The van der Waals surface area contributed by atoms with Gasteiger partial charge in [-0.05, 0) is 91.8 Å². The smallest absolute Gasteiger partial charge is 0.407 e. The van der Waals surface area contributed by atoms with Crippen molar-refractivity contribution in [2.45, 2.75) is 96.2 Å². The highest BCUT2D eigenvalue weighted by Crippen LogP contribution is 2.44. The summed E-state index contributed by atoms with van der Waals surface area (Å²) >= 11 is 0. The van der Waals surface area contributed by atoms with Gasteiger partial charge in [-0.2, -0.15) is 0 Å². The van der Waals surface area contributed by atoms with Gasteiger partial charge in [0.15, 0.2) is 0 Å². The lowest BCUT2D eigenvalue weighted by atomic mass is 9.92. The van der Waals surface area contributed by atoms with Gasteiger partial charge in [0.25, 0.3) is 0 Å². The van der Waals surface area contributed by atoms with E-state index in [1.54, 1.807) is 4.90 Å². The van der Waals surface area contributed by atoms with Crippen molar-refractivity contribution in [3.63, 3.8) is 0 Å². The number of aromatic nitrogens is 4. The Balaban J connectivity index is 1.04. The number of carbonyl (C=O) groups is 4. The van der Waals surface area contributed by atoms with Crippen LogP contribution in [0.4, 0.5) is 9.59 Å². The number of nitrogens with zero attached hydrogens (tertiary/aromatic N) is 4. The van der Waals surface area contributed by atoms with Crippen LogP contribution in [0.5, 0.6) is 5.75 Å². The van der Waals surface area contributed by atoms with Crippen LogP contribution in [0.1, 0.15) is 82.7 Å². The summed E-state index contributed by atoms with van der Waals surface area (Å²) < 4.78 is 21.3. The normalized spacial score (nSPS) is 20.7. The minimum atomic E-state index is -0.902. The second kappa shape index (κ2) is 16.5. The van der Waals surface area contributed by atoms with E-state index < -0.39 is 24.3 Å². The van der Waals surface area contributed by atoms with E-state index in [1.165, 1.54) is 21.3 Å². The van der Waals surface area contributed by atoms with Gasteiger partial charge in [-0.25, -0.2) is 19.6 Å². The van der Waals surface area contributed by atoms with E-state index in [1.807, 2.05) is 44.9 Å². The molecule has 4 N–H and O–H groups in total. The maximum atomic E-state index is 13.9. The number of nitrogens with one attached hydrogen (secondary N) is 4. The number of rotatable bonds is 10. The van der Waals surface area contributed by atoms with Gasteiger partial charge in [0.2, 0.25) is 11.8 Å². The molecule has 5 heterocycles. The number of methoxy groups -OCH3 is 3. The predicted octanol–water partition coefficient (Wildman–Crippen LogP) is 6.52. The molecule has 0 radical (unpaired) electrons. The molecule has 60 heavy (non-hydrogen) atoms. The number of fused-ring (bicyclic) bond motifs is 6. The lowest BCUT2D eigenvalue weighted by Gasteiger charge is -2.32. The molecule has 16 nitrogen and oxygen atoms in total. The summed E-state index contributed by atoms with van der Waals surface area (Å²) in [6, 6.07) is 12.3. The fourth-order valence-corrected chi connectivity index (χ4v) is 9.12. The van der Waals surface area contributed by atoms with Crippen LogP contribution in [0, 0.1) is 5.92 Å². The molecule has 316 valence electrons. The van der Waals surface area contributed by atoms with Crippen LogP contribution in [0.15, 0.2) is 48.7 Å². The number of H-pyrrole nitrogens is 2. The Hall–Kier alpha value is -6.16. The Morgan fingerprint density at radius 3 is 2.23 bits per heavy atom. The van der Waals surface area contributed by atoms with Gasteiger partial charge < -0.3 is 49.3 Å². The Kier molecular flexibility index (Phi) is 11.2. The number of likely N-dealkylation sites (tertiary alicyclic amines) is 2. The predicted molar refractivity (Wildman–Crippen MR) is 223 cm³/mol. The fraction of sp³-hybridized carbons (Fsp3) is 0.455. The second-order valence-electron chi connectivity index (χ2n) is 16.4. The first kappa shape index (κ1) is 40.6. The van der Waals surface area contributed by atoms with Crippen molar-refractivity contribution in [3.05, 3.63) is 65.9 Å². The Morgan fingerprint density at radius 2 is 1.53 bits per heavy atom. The molecule has 4 amide bonds. The molecule has 2 saturated heterocycles. The number of alkyl carbamates (subject to hydrolysis) is 2. The third kappa shape index (κ3) is 7.37. The summed E-state index contributed by atoms with van der Waals surface area (Å²) in [5.74, 6) is 1.61. The second-order valence-corrected chi connectivity index (χ2v) is 16.4. The zero-order valence-corrected chi connectivity index (χ0v) is 35.0. The molecule has 3 aliphatic rings. The first-order chi connectivity index (χ1) is 28.9. The van der Waals surface area contributed by atoms with Gasteiger partial charge in [-0.15, -0.1) is 0 Å². The molecule has 1 unspecified atom stereocenters. The van der Waals surface area contributed by atoms with Crippen molar-refractivity contribution in [3.8, 4) is 28.1 Å². The van der Waals surface area contributed by atoms with Crippen molar-refractivity contribution < 1.29 is 38.1 Å². The van der Waals surface area contributed by atoms with Gasteiger partial charge in [-0.3, -0.25) is 9.59 Å². The van der Waals surface area contributed by atoms with E-state index >= 15 is 0 Å². The monoisotopic (exact) mass is 820 g/mol. The summed E-state index contributed by atoms with van der Waals surface area (Å²) in [5, 5.41) is 7.30. The molecule has 0 aliphatic carbocycles. The highest BCUT2D eigenvalue weighted by atomic mass is 16.5. The van der Waals surface area contributed by atoms with E-state index in [0.29, 0.717) is 24.7 Å². The van der Waals surface area contributed by atoms with Crippen molar-refractivity contribution in [2.75, 3.05) is 27.9 Å². The number of aromatic amines is 2. The summed E-state index contributed by atoms with van der Waals surface area (Å²) in [4.78, 5) is 72.3. The highest BCUT2D eigenvalue weighted by molar-refractivity contribution is 6.07. The Labute approximate surface area is 347 Å². The maximum absolute atomic E-state index is 13.9. The van der Waals surface area contributed by atoms with Crippen molar-refractivity contribution >= 4 is 45.8 Å². The van der Waals surface area contributed by atoms with Crippen LogP contribution in [-0.4, -0.2) is 106 Å². The maximum Gasteiger partial charge on any atom is 0.407 e. The number of carbonyl (C=O) groups excluding carboxylic acids is 4. The lowest BCUT2D eigenvalue weighted by Crippen LogP contribution is -2.52. The van der Waals surface area contributed by atoms with Gasteiger partial charge in [-0.1, -0.05) is 32.0 Å². The molecule has 8 rings (SSSR count). The number of hydrogen-bond donors (Lipinski definition) is 4. The summed E-state index contributed by atoms with van der Waals surface area (Å²) in [6.07, 6.45) is 3.54. The van der Waals surface area contributed by atoms with Crippen LogP contribution in [0.3, 0.4) is 0 Å². The molecular weight excluding hydrogens is 769 g/mol. The lowest BCUT2D eigenvalue weighted by molar-refractivity contribution is -0.138. The van der Waals surface area contributed by atoms with Crippen LogP contribution in [0.2, 0.25) is 0 Å². The average Bonchev–Trinajstić information content (AvgIpc) is 4.07. The molecular formula is C44H52N8O8. The zero-order valence-electron chi connectivity index (χ0n) is 35.0. The molecule has 0 spiro atoms. The van der Waals surface area contributed by atoms with Gasteiger partial charge in [0.1, 0.15) is 36.1 Å². The molecule has 5 aromatic rings. The van der Waals surface area contributed by atoms with E-state index in [0.717, 1.165) is 74.8 Å². The minimum absolute atomic E-state index is 0.00916. The molecule has 3 aromatic carbocycles. The Morgan fingerprint density at radius 1 is 0.833 bits per heavy atom. The minimum Gasteiger partial charge on any atom is -0.488 e. The van der Waals surface area contributed by atoms with Crippen molar-refractivity contribution in [2.24, 2.45) is 5.92 Å². The van der Waals surface area contributed by atoms with E-state index in [4.69, 9.17) is 28.9 Å². The molecule has 0 saturated carbocycles. The van der Waals surface area contributed by atoms with Crippen LogP contribution in [0.25, 0.3) is 44.2 Å². The van der Waals surface area contributed by atoms with Crippen molar-refractivity contribution in [1.29, 1.82) is 0 Å². The van der Waals surface area contributed by atoms with Gasteiger partial charge >= 0.3 is 12.2 Å². The van der Waals surface area contributed by atoms with Crippen LogP contribution < -0.4 is 15.4 Å². The molecule has 3 aliphatic heterocycles. The van der Waals surface area contributed by atoms with Gasteiger partial charge in [0, 0.05) is 30.1 Å². The van der Waals surface area contributed by atoms with Gasteiger partial charge in [0.05, 0.1) is 55.8 Å². The summed E-state index contributed by atoms with van der Waals surface area (Å²) in [7, 11) is 4.03. The molecule has 2 fully saturated rings. The topological polar surface area (TPSA) is 193 Å². The summed E-state index contributed by atoms with van der Waals surface area (Å²) in [6.45, 7) is 8.22. The average molecular weight is 821 g/mol. The number of imidazole rings is 2. The molecule has 16 heteroatoms. The van der Waals surface area contributed by atoms with E-state index in [2.05, 4.69) is 57.0 Å². The summed E-state index contributed by atoms with van der Waals surface area (Å²) in [5.41, 5.74) is 6.52. The van der Waals surface area contributed by atoms with Crippen LogP contribution >= 0.6 is 0 Å². The van der Waals surface area contributed by atoms with Crippen molar-refractivity contribution in [1.82, 2.24) is 40.4 Å². The zero-order chi connectivity index (χ0) is 42.4. The first-order valence-corrected chi connectivity index (χ1v) is 20.5. The Bertz CT molecular complexity index is 2460. The van der Waals surface area contributed by atoms with E-state index in [-0.39, 0.29) is 48.5 Å². The molecule has 6 atom stereocenters. The number of amides is 4. The first-order valence-electron chi connectivity index (χ1n) is 20.5. The number of benzene rings is 3. The number of hydrogen-bond acceptors (Lipinski definition) is 10. The number of ether oxygens (including phenoxy) is 4. The third-order valence-corrected chi connectivity index (χ3v) is 12.3.